The van der Waals surface area contributed by atoms with Gasteiger partial charge in [-0.25, -0.2) is 4.98 Å². The first-order chi connectivity index (χ1) is 8.19. The Morgan fingerprint density at radius 2 is 2.29 bits per heavy atom. The van der Waals surface area contributed by atoms with E-state index < -0.39 is 0 Å². The molecule has 2 heterocycles. The van der Waals surface area contributed by atoms with E-state index in [0.717, 1.165) is 0 Å². The van der Waals surface area contributed by atoms with Crippen molar-refractivity contribution in [2.75, 3.05) is 12.4 Å². The fourth-order valence-corrected chi connectivity index (χ4v) is 1.25. The number of aryl methyl sites for hydroxylation is 1. The molecule has 17 heavy (non-hydrogen) atoms. The van der Waals surface area contributed by atoms with Crippen LogP contribution in [-0.4, -0.2) is 33.2 Å². The van der Waals surface area contributed by atoms with Gasteiger partial charge >= 0.3 is 0 Å². The summed E-state index contributed by atoms with van der Waals surface area (Å²) >= 11 is 0. The third-order valence-corrected chi connectivity index (χ3v) is 2.03. The standard InChI is InChI=1S/C10H11N5O2/c1-6-3-8(17-2)14-10(13-6)15-9(16)7-4-11-12-5-7/h3-5H,1-2H3,(H,11,12)(H,13,14,15,16). The number of hydrogen-bond acceptors (Lipinski definition) is 5. The highest BCUT2D eigenvalue weighted by atomic mass is 16.5. The van der Waals surface area contributed by atoms with E-state index in [4.69, 9.17) is 4.74 Å². The number of carbonyl (C=O) groups is 1. The molecule has 0 aliphatic heterocycles. The van der Waals surface area contributed by atoms with Gasteiger partial charge < -0.3 is 4.74 Å². The molecule has 1 amide bonds. The van der Waals surface area contributed by atoms with Crippen molar-refractivity contribution in [2.24, 2.45) is 0 Å². The minimum absolute atomic E-state index is 0.202. The second-order valence-corrected chi connectivity index (χ2v) is 3.32. The first kappa shape index (κ1) is 11.1. The molecule has 7 heteroatoms. The number of rotatable bonds is 3. The summed E-state index contributed by atoms with van der Waals surface area (Å²) in [6.45, 7) is 1.79. The molecule has 88 valence electrons. The van der Waals surface area contributed by atoms with Gasteiger partial charge in [0.1, 0.15) is 0 Å². The van der Waals surface area contributed by atoms with Crippen LogP contribution in [0, 0.1) is 6.92 Å². The minimum atomic E-state index is -0.327. The topological polar surface area (TPSA) is 92.8 Å². The zero-order valence-electron chi connectivity index (χ0n) is 9.39. The van der Waals surface area contributed by atoms with Crippen molar-refractivity contribution in [1.29, 1.82) is 0 Å². The van der Waals surface area contributed by atoms with Gasteiger partial charge in [-0.3, -0.25) is 15.2 Å². The molecule has 2 aromatic heterocycles. The van der Waals surface area contributed by atoms with Crippen LogP contribution in [0.25, 0.3) is 0 Å². The van der Waals surface area contributed by atoms with Gasteiger partial charge in [-0.1, -0.05) is 0 Å². The van der Waals surface area contributed by atoms with Crippen molar-refractivity contribution < 1.29 is 9.53 Å². The zero-order valence-corrected chi connectivity index (χ0v) is 9.39. The Balaban J connectivity index is 2.18. The van der Waals surface area contributed by atoms with Gasteiger partial charge in [0.25, 0.3) is 5.91 Å². The Labute approximate surface area is 97.2 Å². The van der Waals surface area contributed by atoms with Gasteiger partial charge in [0.15, 0.2) is 0 Å². The van der Waals surface area contributed by atoms with E-state index in [1.807, 2.05) is 0 Å². The number of aromatic nitrogens is 4. The van der Waals surface area contributed by atoms with Crippen LogP contribution in [0.1, 0.15) is 16.1 Å². The highest BCUT2D eigenvalue weighted by molar-refractivity contribution is 6.02. The smallest absolute Gasteiger partial charge is 0.261 e. The van der Waals surface area contributed by atoms with Crippen molar-refractivity contribution in [3.63, 3.8) is 0 Å². The van der Waals surface area contributed by atoms with Gasteiger partial charge in [0.2, 0.25) is 11.8 Å². The normalized spacial score (nSPS) is 10.0. The number of anilines is 1. The van der Waals surface area contributed by atoms with Crippen LogP contribution in [0.2, 0.25) is 0 Å². The average molecular weight is 233 g/mol. The van der Waals surface area contributed by atoms with Gasteiger partial charge in [0.05, 0.1) is 18.9 Å². The van der Waals surface area contributed by atoms with E-state index in [0.29, 0.717) is 17.1 Å². The Morgan fingerprint density at radius 3 is 2.94 bits per heavy atom. The SMILES string of the molecule is COc1cc(C)nc(NC(=O)c2cn[nH]c2)n1. The largest absolute Gasteiger partial charge is 0.481 e. The van der Waals surface area contributed by atoms with Crippen molar-refractivity contribution in [3.8, 4) is 5.88 Å². The Morgan fingerprint density at radius 1 is 1.47 bits per heavy atom. The number of amides is 1. The maximum Gasteiger partial charge on any atom is 0.261 e. The average Bonchev–Trinajstić information content (AvgIpc) is 2.81. The van der Waals surface area contributed by atoms with Crippen LogP contribution in [-0.2, 0) is 0 Å². The van der Waals surface area contributed by atoms with Crippen LogP contribution < -0.4 is 10.1 Å². The number of aromatic amines is 1. The molecule has 7 nitrogen and oxygen atoms in total. The molecule has 0 radical (unpaired) electrons. The van der Waals surface area contributed by atoms with Gasteiger partial charge in [-0.2, -0.15) is 10.1 Å². The van der Waals surface area contributed by atoms with Gasteiger partial charge in [-0.05, 0) is 6.92 Å². The number of H-pyrrole nitrogens is 1. The molecule has 0 fully saturated rings. The first-order valence-corrected chi connectivity index (χ1v) is 4.89. The van der Waals surface area contributed by atoms with E-state index in [1.54, 1.807) is 13.0 Å². The molecule has 0 saturated heterocycles. The minimum Gasteiger partial charge on any atom is -0.481 e. The van der Waals surface area contributed by atoms with Crippen molar-refractivity contribution in [2.45, 2.75) is 6.92 Å². The molecular formula is C10H11N5O2. The highest BCUT2D eigenvalue weighted by Gasteiger charge is 2.10. The summed E-state index contributed by atoms with van der Waals surface area (Å²) in [5.41, 5.74) is 1.12. The van der Waals surface area contributed by atoms with E-state index in [-0.39, 0.29) is 11.9 Å². The molecule has 0 bridgehead atoms. The number of hydrogen-bond donors (Lipinski definition) is 2. The first-order valence-electron chi connectivity index (χ1n) is 4.89. The fraction of sp³-hybridized carbons (Fsp3) is 0.200. The number of nitrogens with one attached hydrogen (secondary N) is 2. The monoisotopic (exact) mass is 233 g/mol. The third-order valence-electron chi connectivity index (χ3n) is 2.03. The van der Waals surface area contributed by atoms with Crippen LogP contribution in [0.15, 0.2) is 18.5 Å². The summed E-state index contributed by atoms with van der Waals surface area (Å²) < 4.78 is 4.99. The van der Waals surface area contributed by atoms with E-state index >= 15 is 0 Å². The number of carbonyl (C=O) groups excluding carboxylic acids is 1. The molecule has 2 N–H and O–H groups in total. The second kappa shape index (κ2) is 4.60. The van der Waals surface area contributed by atoms with Crippen molar-refractivity contribution in [3.05, 3.63) is 29.7 Å². The van der Waals surface area contributed by atoms with E-state index in [9.17, 15) is 4.79 Å². The van der Waals surface area contributed by atoms with E-state index in [2.05, 4.69) is 25.5 Å². The molecule has 0 unspecified atom stereocenters. The lowest BCUT2D eigenvalue weighted by Crippen LogP contribution is -2.14. The lowest BCUT2D eigenvalue weighted by Gasteiger charge is -2.05. The van der Waals surface area contributed by atoms with Crippen LogP contribution in [0.5, 0.6) is 5.88 Å². The van der Waals surface area contributed by atoms with Crippen LogP contribution in [0.3, 0.4) is 0 Å². The molecule has 0 aromatic carbocycles. The lowest BCUT2D eigenvalue weighted by molar-refractivity contribution is 0.102. The summed E-state index contributed by atoms with van der Waals surface area (Å²) in [4.78, 5) is 19.8. The Kier molecular flexibility index (Phi) is 2.99. The molecular weight excluding hydrogens is 222 g/mol. The number of methoxy groups -OCH3 is 1. The van der Waals surface area contributed by atoms with Gasteiger partial charge in [0, 0.05) is 18.0 Å². The van der Waals surface area contributed by atoms with Crippen LogP contribution >= 0.6 is 0 Å². The Hall–Kier alpha value is -2.44. The zero-order chi connectivity index (χ0) is 12.3. The Bertz CT molecular complexity index is 523. The predicted octanol–water partition coefficient (Wildman–Crippen LogP) is 0.769. The molecule has 0 saturated carbocycles. The fourth-order valence-electron chi connectivity index (χ4n) is 1.25. The molecule has 2 rings (SSSR count). The molecule has 0 aliphatic carbocycles. The predicted molar refractivity (Wildman–Crippen MR) is 59.9 cm³/mol. The number of ether oxygens (including phenoxy) is 1. The summed E-state index contributed by atoms with van der Waals surface area (Å²) in [5.74, 6) is 0.277. The van der Waals surface area contributed by atoms with Crippen molar-refractivity contribution >= 4 is 11.9 Å². The molecule has 0 spiro atoms. The second-order valence-electron chi connectivity index (χ2n) is 3.32. The maximum absolute atomic E-state index is 11.7. The van der Waals surface area contributed by atoms with Gasteiger partial charge in [-0.15, -0.1) is 0 Å². The summed E-state index contributed by atoms with van der Waals surface area (Å²) in [6, 6.07) is 1.67. The lowest BCUT2D eigenvalue weighted by atomic mass is 10.3. The summed E-state index contributed by atoms with van der Waals surface area (Å²) in [5, 5.41) is 8.80. The van der Waals surface area contributed by atoms with Crippen molar-refractivity contribution in [1.82, 2.24) is 20.2 Å². The number of nitrogens with zero attached hydrogens (tertiary/aromatic N) is 3. The summed E-state index contributed by atoms with van der Waals surface area (Å²) in [6.07, 6.45) is 2.91. The highest BCUT2D eigenvalue weighted by Crippen LogP contribution is 2.11. The summed E-state index contributed by atoms with van der Waals surface area (Å²) in [7, 11) is 1.50. The van der Waals surface area contributed by atoms with E-state index in [1.165, 1.54) is 19.5 Å². The molecule has 0 aliphatic rings. The molecule has 2 aromatic rings. The van der Waals surface area contributed by atoms with Crippen LogP contribution in [0.4, 0.5) is 5.95 Å². The maximum atomic E-state index is 11.7. The third kappa shape index (κ3) is 2.57. The quantitative estimate of drug-likeness (QED) is 0.816. The molecule has 0 atom stereocenters.